The van der Waals surface area contributed by atoms with Crippen molar-refractivity contribution in [2.45, 2.75) is 6.04 Å². The van der Waals surface area contributed by atoms with E-state index >= 15 is 0 Å². The highest BCUT2D eigenvalue weighted by Gasteiger charge is 2.22. The molecule has 6 nitrogen and oxygen atoms in total. The first-order chi connectivity index (χ1) is 10.1. The molecule has 6 heteroatoms. The minimum Gasteiger partial charge on any atom is -0.491 e. The van der Waals surface area contributed by atoms with Crippen molar-refractivity contribution < 1.29 is 14.3 Å². The first-order valence-electron chi connectivity index (χ1n) is 7.25. The third-order valence-corrected chi connectivity index (χ3v) is 4.02. The highest BCUT2D eigenvalue weighted by molar-refractivity contribution is 5.77. The molecule has 2 aliphatic rings. The monoisotopic (exact) mass is 291 g/mol. The second kappa shape index (κ2) is 5.91. The molecule has 0 radical (unpaired) electrons. The number of amides is 1. The number of fused-ring (bicyclic) bond motifs is 1. The summed E-state index contributed by atoms with van der Waals surface area (Å²) in [5, 5.41) is 0. The fourth-order valence-corrected chi connectivity index (χ4v) is 2.60. The molecule has 1 fully saturated rings. The van der Waals surface area contributed by atoms with Gasteiger partial charge in [0.15, 0.2) is 6.61 Å². The zero-order valence-electron chi connectivity index (χ0n) is 12.2. The van der Waals surface area contributed by atoms with E-state index in [9.17, 15) is 4.79 Å². The van der Waals surface area contributed by atoms with Gasteiger partial charge in [0.2, 0.25) is 0 Å². The molecule has 1 amide bonds. The Labute approximate surface area is 124 Å². The average molecular weight is 291 g/mol. The van der Waals surface area contributed by atoms with E-state index in [-0.39, 0.29) is 18.6 Å². The number of rotatable bonds is 3. The van der Waals surface area contributed by atoms with Crippen LogP contribution in [-0.2, 0) is 4.79 Å². The average Bonchev–Trinajstić information content (AvgIpc) is 2.86. The van der Waals surface area contributed by atoms with E-state index < -0.39 is 0 Å². The van der Waals surface area contributed by atoms with E-state index in [0.717, 1.165) is 37.5 Å². The lowest BCUT2D eigenvalue weighted by molar-refractivity contribution is -0.134. The maximum absolute atomic E-state index is 12.1. The van der Waals surface area contributed by atoms with E-state index in [1.165, 1.54) is 0 Å². The molecular formula is C15H21N3O3. The molecule has 2 aliphatic heterocycles. The third-order valence-electron chi connectivity index (χ3n) is 4.02. The van der Waals surface area contributed by atoms with E-state index in [4.69, 9.17) is 15.2 Å². The van der Waals surface area contributed by atoms with Gasteiger partial charge in [-0.05, 0) is 19.2 Å². The second-order valence-corrected chi connectivity index (χ2v) is 5.59. The van der Waals surface area contributed by atoms with Gasteiger partial charge in [-0.1, -0.05) is 0 Å². The van der Waals surface area contributed by atoms with Crippen LogP contribution < -0.4 is 15.2 Å². The molecule has 0 aromatic heterocycles. The molecule has 0 spiro atoms. The number of ether oxygens (including phenoxy) is 2. The molecule has 2 N–H and O–H groups in total. The fraction of sp³-hybridized carbons (Fsp3) is 0.533. The summed E-state index contributed by atoms with van der Waals surface area (Å²) in [4.78, 5) is 16.2. The van der Waals surface area contributed by atoms with Crippen LogP contribution in [0.1, 0.15) is 11.6 Å². The van der Waals surface area contributed by atoms with Gasteiger partial charge in [0.1, 0.15) is 18.1 Å². The molecule has 114 valence electrons. The molecular weight excluding hydrogens is 270 g/mol. The van der Waals surface area contributed by atoms with Crippen molar-refractivity contribution >= 4 is 5.91 Å². The van der Waals surface area contributed by atoms with Crippen molar-refractivity contribution in [1.29, 1.82) is 0 Å². The summed E-state index contributed by atoms with van der Waals surface area (Å²) in [6.07, 6.45) is 0. The zero-order valence-corrected chi connectivity index (χ0v) is 12.2. The summed E-state index contributed by atoms with van der Waals surface area (Å²) >= 11 is 0. The number of nitrogens with zero attached hydrogens (tertiary/aromatic N) is 2. The Hall–Kier alpha value is -1.79. The zero-order chi connectivity index (χ0) is 14.8. The van der Waals surface area contributed by atoms with Crippen molar-refractivity contribution in [3.63, 3.8) is 0 Å². The van der Waals surface area contributed by atoms with Gasteiger partial charge in [0.05, 0.1) is 6.04 Å². The largest absolute Gasteiger partial charge is 0.491 e. The van der Waals surface area contributed by atoms with Crippen LogP contribution in [0.25, 0.3) is 0 Å². The summed E-state index contributed by atoms with van der Waals surface area (Å²) in [6.45, 7) is 3.92. The van der Waals surface area contributed by atoms with Gasteiger partial charge in [-0.25, -0.2) is 0 Å². The van der Waals surface area contributed by atoms with Crippen molar-refractivity contribution in [2.24, 2.45) is 5.73 Å². The molecule has 1 aromatic rings. The van der Waals surface area contributed by atoms with E-state index in [1.54, 1.807) is 6.07 Å². The smallest absolute Gasteiger partial charge is 0.260 e. The predicted octanol–water partition coefficient (Wildman–Crippen LogP) is 0.232. The molecule has 21 heavy (non-hydrogen) atoms. The van der Waals surface area contributed by atoms with Crippen LogP contribution in [0, 0.1) is 0 Å². The van der Waals surface area contributed by atoms with Crippen LogP contribution in [0.4, 0.5) is 0 Å². The molecule has 1 aromatic carbocycles. The van der Waals surface area contributed by atoms with Gasteiger partial charge in [-0.15, -0.1) is 0 Å². The summed E-state index contributed by atoms with van der Waals surface area (Å²) in [7, 11) is 2.06. The fourth-order valence-electron chi connectivity index (χ4n) is 2.60. The molecule has 1 unspecified atom stereocenters. The molecule has 1 saturated heterocycles. The van der Waals surface area contributed by atoms with Crippen LogP contribution in [0.3, 0.4) is 0 Å². The highest BCUT2D eigenvalue weighted by Crippen LogP contribution is 2.33. The third kappa shape index (κ3) is 3.11. The quantitative estimate of drug-likeness (QED) is 0.863. The van der Waals surface area contributed by atoms with E-state index in [0.29, 0.717) is 12.4 Å². The van der Waals surface area contributed by atoms with Crippen LogP contribution in [0.2, 0.25) is 0 Å². The van der Waals surface area contributed by atoms with Gasteiger partial charge in [0.25, 0.3) is 5.91 Å². The van der Waals surface area contributed by atoms with Crippen molar-refractivity contribution in [2.75, 3.05) is 46.4 Å². The maximum Gasteiger partial charge on any atom is 0.260 e. The number of likely N-dealkylation sites (N-methyl/N-ethyl adjacent to an activating group) is 1. The Morgan fingerprint density at radius 1 is 1.38 bits per heavy atom. The first kappa shape index (κ1) is 14.2. The normalized spacial score (nSPS) is 21.8. The molecule has 1 atom stereocenters. The van der Waals surface area contributed by atoms with Crippen LogP contribution in [0.5, 0.6) is 11.5 Å². The number of benzene rings is 1. The molecule has 0 saturated carbocycles. The van der Waals surface area contributed by atoms with Crippen LogP contribution >= 0.6 is 0 Å². The van der Waals surface area contributed by atoms with E-state index in [1.807, 2.05) is 17.0 Å². The lowest BCUT2D eigenvalue weighted by atomic mass is 10.1. The number of hydrogen-bond donors (Lipinski definition) is 1. The maximum atomic E-state index is 12.1. The Kier molecular flexibility index (Phi) is 3.98. The summed E-state index contributed by atoms with van der Waals surface area (Å²) in [6, 6.07) is 5.48. The second-order valence-electron chi connectivity index (χ2n) is 5.59. The standard InChI is InChI=1S/C15H21N3O3/c1-17-4-6-18(7-5-17)15(19)10-20-11-2-3-12-13(16)9-21-14(12)8-11/h2-3,8,13H,4-7,9-10,16H2,1H3. The Morgan fingerprint density at radius 3 is 2.90 bits per heavy atom. The van der Waals surface area contributed by atoms with Gasteiger partial charge >= 0.3 is 0 Å². The highest BCUT2D eigenvalue weighted by atomic mass is 16.5. The lowest BCUT2D eigenvalue weighted by Gasteiger charge is -2.32. The minimum absolute atomic E-state index is 0.0289. The first-order valence-corrected chi connectivity index (χ1v) is 7.25. The Balaban J connectivity index is 1.54. The van der Waals surface area contributed by atoms with Crippen molar-refractivity contribution in [3.05, 3.63) is 23.8 Å². The minimum atomic E-state index is -0.0685. The van der Waals surface area contributed by atoms with Gasteiger partial charge < -0.3 is 25.0 Å². The van der Waals surface area contributed by atoms with E-state index in [2.05, 4.69) is 11.9 Å². The van der Waals surface area contributed by atoms with Gasteiger partial charge in [-0.2, -0.15) is 0 Å². The number of nitrogens with two attached hydrogens (primary N) is 1. The number of piperazine rings is 1. The Morgan fingerprint density at radius 2 is 2.14 bits per heavy atom. The van der Waals surface area contributed by atoms with Crippen molar-refractivity contribution in [3.8, 4) is 11.5 Å². The number of hydrogen-bond acceptors (Lipinski definition) is 5. The lowest BCUT2D eigenvalue weighted by Crippen LogP contribution is -2.48. The van der Waals surface area contributed by atoms with Crippen LogP contribution in [-0.4, -0.2) is 62.1 Å². The Bertz CT molecular complexity index is 527. The molecule has 0 aliphatic carbocycles. The summed E-state index contributed by atoms with van der Waals surface area (Å²) < 4.78 is 11.1. The summed E-state index contributed by atoms with van der Waals surface area (Å²) in [5.41, 5.74) is 6.89. The van der Waals surface area contributed by atoms with Crippen molar-refractivity contribution in [1.82, 2.24) is 9.80 Å². The summed E-state index contributed by atoms with van der Waals surface area (Å²) in [5.74, 6) is 1.43. The predicted molar refractivity (Wildman–Crippen MR) is 78.4 cm³/mol. The number of carbonyl (C=O) groups excluding carboxylic acids is 1. The number of carbonyl (C=O) groups is 1. The SMILES string of the molecule is CN1CCN(C(=O)COc2ccc3c(c2)OCC3N)CC1. The van der Waals surface area contributed by atoms with Crippen LogP contribution in [0.15, 0.2) is 18.2 Å². The van der Waals surface area contributed by atoms with Gasteiger partial charge in [-0.3, -0.25) is 4.79 Å². The topological polar surface area (TPSA) is 68.0 Å². The van der Waals surface area contributed by atoms with Gasteiger partial charge in [0, 0.05) is 37.8 Å². The molecule has 3 rings (SSSR count). The molecule has 0 bridgehead atoms. The molecule has 2 heterocycles.